The molecule has 2 nitrogen and oxygen atoms in total. The maximum absolute atomic E-state index is 8.06. The van der Waals surface area contributed by atoms with Crippen LogP contribution in [0.15, 0.2) is 0 Å². The van der Waals surface area contributed by atoms with Gasteiger partial charge in [0, 0.05) is 13.0 Å². The number of aliphatic hydroxyl groups is 1. The van der Waals surface area contributed by atoms with Gasteiger partial charge in [0.2, 0.25) is 0 Å². The minimum atomic E-state index is -0.167. The van der Waals surface area contributed by atoms with E-state index < -0.39 is 0 Å². The molecule has 0 aromatic rings. The zero-order valence-electron chi connectivity index (χ0n) is 9.80. The minimum Gasteiger partial charge on any atom is -0.394 e. The minimum absolute atomic E-state index is 0.167. The number of nitrogens with zero attached hydrogens (tertiary/aromatic N) is 1. The van der Waals surface area contributed by atoms with Crippen molar-refractivity contribution in [2.45, 2.75) is 66.4 Å². The highest BCUT2D eigenvalue weighted by atomic mass is 16.3. The Hall–Kier alpha value is -0.550. The molecule has 0 heterocycles. The molecule has 0 aliphatic carbocycles. The third-order valence-corrected chi connectivity index (χ3v) is 0.957. The van der Waals surface area contributed by atoms with Crippen molar-refractivity contribution >= 4 is 0 Å². The molecule has 0 radical (unpaired) electrons. The van der Waals surface area contributed by atoms with E-state index in [1.54, 1.807) is 19.9 Å². The van der Waals surface area contributed by atoms with Gasteiger partial charge in [-0.3, -0.25) is 0 Å². The van der Waals surface area contributed by atoms with Crippen LogP contribution in [0, 0.1) is 11.3 Å². The van der Waals surface area contributed by atoms with Gasteiger partial charge in [-0.2, -0.15) is 5.26 Å². The lowest BCUT2D eigenvalue weighted by Crippen LogP contribution is -1.85. The third kappa shape index (κ3) is 170. The lowest BCUT2D eigenvalue weighted by atomic mass is 10.2. The number of hydrogen-bond acceptors (Lipinski definition) is 2. The summed E-state index contributed by atoms with van der Waals surface area (Å²) in [5.74, 6) is 0. The van der Waals surface area contributed by atoms with E-state index in [2.05, 4.69) is 13.8 Å². The van der Waals surface area contributed by atoms with Gasteiger partial charge in [0.25, 0.3) is 0 Å². The molecule has 1 N–H and O–H groups in total. The average molecular weight is 187 g/mol. The molecule has 0 saturated heterocycles. The van der Waals surface area contributed by atoms with Gasteiger partial charge in [-0.15, -0.1) is 0 Å². The van der Waals surface area contributed by atoms with Gasteiger partial charge in [0.1, 0.15) is 0 Å². The first-order valence-corrected chi connectivity index (χ1v) is 5.05. The van der Waals surface area contributed by atoms with Crippen LogP contribution < -0.4 is 0 Å². The highest BCUT2D eigenvalue weighted by Crippen LogP contribution is 1.95. The van der Waals surface area contributed by atoms with Gasteiger partial charge in [0.05, 0.1) is 6.07 Å². The van der Waals surface area contributed by atoms with Crippen LogP contribution in [0.25, 0.3) is 0 Å². The van der Waals surface area contributed by atoms with Crippen LogP contribution >= 0.6 is 0 Å². The molecule has 0 aromatic carbocycles. The number of nitriles is 1. The van der Waals surface area contributed by atoms with E-state index >= 15 is 0 Å². The van der Waals surface area contributed by atoms with Crippen LogP contribution in [0.5, 0.6) is 0 Å². The normalized spacial score (nSPS) is 7.54. The molecule has 0 fully saturated rings. The van der Waals surface area contributed by atoms with Gasteiger partial charge in [-0.25, -0.2) is 0 Å². The van der Waals surface area contributed by atoms with Gasteiger partial charge >= 0.3 is 0 Å². The fourth-order valence-electron chi connectivity index (χ4n) is 0.500. The van der Waals surface area contributed by atoms with Crippen LogP contribution in [0.1, 0.15) is 60.3 Å². The van der Waals surface area contributed by atoms with E-state index in [0.29, 0.717) is 0 Å². The van der Waals surface area contributed by atoms with Crippen molar-refractivity contribution in [3.63, 3.8) is 0 Å². The molecule has 0 bridgehead atoms. The fraction of sp³-hybridized carbons (Fsp3) is 0.909. The monoisotopic (exact) mass is 187 g/mol. The number of hydrogen-bond donors (Lipinski definition) is 1. The molecule has 0 saturated carbocycles. The number of aliphatic hydroxyl groups excluding tert-OH is 1. The lowest BCUT2D eigenvalue weighted by Gasteiger charge is -1.86. The Kier molecular flexibility index (Phi) is 31.7. The lowest BCUT2D eigenvalue weighted by molar-refractivity contribution is 0.216. The average Bonchev–Trinajstić information content (AvgIpc) is 2.01. The highest BCUT2D eigenvalue weighted by molar-refractivity contribution is 4.51. The largest absolute Gasteiger partial charge is 0.394 e. The second kappa shape index (κ2) is 22.5. The molecule has 0 aromatic heterocycles. The Bertz CT molecular complexity index is 88.0. The van der Waals surface area contributed by atoms with Crippen molar-refractivity contribution in [2.75, 3.05) is 0 Å². The molecule has 0 spiro atoms. The van der Waals surface area contributed by atoms with E-state index in [9.17, 15) is 0 Å². The topological polar surface area (TPSA) is 44.0 Å². The molecule has 0 atom stereocenters. The first kappa shape index (κ1) is 18.3. The van der Waals surface area contributed by atoms with E-state index in [1.165, 1.54) is 32.6 Å². The van der Waals surface area contributed by atoms with Gasteiger partial charge in [0.15, 0.2) is 0 Å². The Morgan fingerprint density at radius 1 is 1.15 bits per heavy atom. The van der Waals surface area contributed by atoms with Gasteiger partial charge in [-0.05, 0) is 13.8 Å². The standard InChI is InChI=1S/C6H14.C3H8O.C2H3N/c1-3-5-6-4-2;1-3(2)4;1-2-3/h3-6H2,1-2H3;3-4H,1-2H3;1H3. The Labute approximate surface area is 83.6 Å². The fourth-order valence-corrected chi connectivity index (χ4v) is 0.500. The van der Waals surface area contributed by atoms with E-state index in [0.717, 1.165) is 0 Å². The summed E-state index contributed by atoms with van der Waals surface area (Å²) in [4.78, 5) is 0. The smallest absolute Gasteiger partial charge is 0.0587 e. The zero-order chi connectivity index (χ0) is 11.1. The van der Waals surface area contributed by atoms with Crippen molar-refractivity contribution in [3.8, 4) is 6.07 Å². The molecule has 13 heavy (non-hydrogen) atoms. The molecule has 0 amide bonds. The first-order chi connectivity index (χ1) is 6.06. The van der Waals surface area contributed by atoms with Crippen molar-refractivity contribution in [1.82, 2.24) is 0 Å². The van der Waals surface area contributed by atoms with Crippen molar-refractivity contribution < 1.29 is 5.11 Å². The maximum atomic E-state index is 8.06. The summed E-state index contributed by atoms with van der Waals surface area (Å²) in [5, 5.41) is 15.4. The molecule has 0 unspecified atom stereocenters. The summed E-state index contributed by atoms with van der Waals surface area (Å²) < 4.78 is 0. The highest BCUT2D eigenvalue weighted by Gasteiger charge is 1.75. The maximum Gasteiger partial charge on any atom is 0.0587 e. The predicted octanol–water partition coefficient (Wildman–Crippen LogP) is 3.50. The van der Waals surface area contributed by atoms with Crippen LogP contribution in [0.4, 0.5) is 0 Å². The zero-order valence-corrected chi connectivity index (χ0v) is 9.80. The molecule has 0 rings (SSSR count). The summed E-state index contributed by atoms with van der Waals surface area (Å²) in [7, 11) is 0. The number of unbranched alkanes of at least 4 members (excludes halogenated alkanes) is 3. The summed E-state index contributed by atoms with van der Waals surface area (Å²) >= 11 is 0. The quantitative estimate of drug-likeness (QED) is 0.687. The molecule has 0 aliphatic rings. The van der Waals surface area contributed by atoms with Gasteiger partial charge < -0.3 is 5.11 Å². The van der Waals surface area contributed by atoms with Crippen molar-refractivity contribution in [3.05, 3.63) is 0 Å². The van der Waals surface area contributed by atoms with E-state index in [4.69, 9.17) is 10.4 Å². The van der Waals surface area contributed by atoms with Crippen molar-refractivity contribution in [1.29, 1.82) is 5.26 Å². The predicted molar refractivity (Wildman–Crippen MR) is 58.5 cm³/mol. The van der Waals surface area contributed by atoms with E-state index in [1.807, 2.05) is 0 Å². The van der Waals surface area contributed by atoms with Crippen LogP contribution in [0.3, 0.4) is 0 Å². The third-order valence-electron chi connectivity index (χ3n) is 0.957. The first-order valence-electron chi connectivity index (χ1n) is 5.05. The van der Waals surface area contributed by atoms with Crippen LogP contribution in [0.2, 0.25) is 0 Å². The summed E-state index contributed by atoms with van der Waals surface area (Å²) in [6.07, 6.45) is 5.37. The molecule has 80 valence electrons. The SMILES string of the molecule is CC#N.CC(C)O.CCCCCC. The Morgan fingerprint density at radius 3 is 1.38 bits per heavy atom. The van der Waals surface area contributed by atoms with Gasteiger partial charge in [-0.1, -0.05) is 39.5 Å². The summed E-state index contributed by atoms with van der Waals surface area (Å²) in [5.41, 5.74) is 0. The molecule has 2 heteroatoms. The Morgan fingerprint density at radius 2 is 1.31 bits per heavy atom. The number of rotatable bonds is 3. The summed E-state index contributed by atoms with van der Waals surface area (Å²) in [6, 6.07) is 1.75. The Balaban J connectivity index is -0.000000125. The summed E-state index contributed by atoms with van der Waals surface area (Å²) in [6.45, 7) is 9.34. The molecular weight excluding hydrogens is 162 g/mol. The van der Waals surface area contributed by atoms with Crippen LogP contribution in [-0.4, -0.2) is 11.2 Å². The second-order valence-corrected chi connectivity index (χ2v) is 3.02. The van der Waals surface area contributed by atoms with Crippen molar-refractivity contribution in [2.24, 2.45) is 0 Å². The molecule has 0 aliphatic heterocycles. The molecular formula is C11H25NO. The second-order valence-electron chi connectivity index (χ2n) is 3.02. The van der Waals surface area contributed by atoms with Crippen LogP contribution in [-0.2, 0) is 0 Å². The van der Waals surface area contributed by atoms with E-state index in [-0.39, 0.29) is 6.10 Å².